The van der Waals surface area contributed by atoms with Crippen molar-refractivity contribution in [3.63, 3.8) is 0 Å². The van der Waals surface area contributed by atoms with E-state index in [1.54, 1.807) is 6.92 Å². The number of hydrogen-bond donors (Lipinski definition) is 0. The predicted molar refractivity (Wildman–Crippen MR) is 105 cm³/mol. The minimum atomic E-state index is 0.169. The highest BCUT2D eigenvalue weighted by Crippen LogP contribution is 2.27. The summed E-state index contributed by atoms with van der Waals surface area (Å²) in [6.45, 7) is 7.42. The fourth-order valence-corrected chi connectivity index (χ4v) is 4.32. The molecule has 0 bridgehead atoms. The van der Waals surface area contributed by atoms with Crippen LogP contribution in [0.2, 0.25) is 0 Å². The Kier molecular flexibility index (Phi) is 5.53. The van der Waals surface area contributed by atoms with E-state index in [1.165, 1.54) is 5.56 Å². The van der Waals surface area contributed by atoms with E-state index < -0.39 is 0 Å². The van der Waals surface area contributed by atoms with Gasteiger partial charge in [0.1, 0.15) is 11.6 Å². The standard InChI is InChI=1S/C21H29N5O/c1-17(27)25-11-5-8-19(16-25)21-23-22-20-10-13-24(14-15-26(20)21)12-9-18-6-3-2-4-7-18/h2-4,6-7,19H,5,8-16H2,1H3/t19-/m1/s1. The first-order valence-electron chi connectivity index (χ1n) is 10.1. The summed E-state index contributed by atoms with van der Waals surface area (Å²) in [6, 6.07) is 10.7. The smallest absolute Gasteiger partial charge is 0.219 e. The second-order valence-corrected chi connectivity index (χ2v) is 7.76. The topological polar surface area (TPSA) is 54.3 Å². The van der Waals surface area contributed by atoms with Crippen molar-refractivity contribution in [3.8, 4) is 0 Å². The van der Waals surface area contributed by atoms with E-state index in [0.717, 1.165) is 76.6 Å². The summed E-state index contributed by atoms with van der Waals surface area (Å²) in [6.07, 6.45) is 4.19. The fraction of sp³-hybridized carbons (Fsp3) is 0.571. The molecule has 1 fully saturated rings. The van der Waals surface area contributed by atoms with Crippen molar-refractivity contribution in [2.24, 2.45) is 0 Å². The lowest BCUT2D eigenvalue weighted by atomic mass is 9.97. The first-order valence-corrected chi connectivity index (χ1v) is 10.1. The zero-order valence-corrected chi connectivity index (χ0v) is 16.2. The van der Waals surface area contributed by atoms with E-state index in [-0.39, 0.29) is 5.91 Å². The number of fused-ring (bicyclic) bond motifs is 1. The summed E-state index contributed by atoms with van der Waals surface area (Å²) in [5.41, 5.74) is 1.40. The molecule has 0 N–H and O–H groups in total. The van der Waals surface area contributed by atoms with Crippen LogP contribution in [0.4, 0.5) is 0 Å². The first-order chi connectivity index (χ1) is 13.2. The molecular formula is C21H29N5O. The number of amides is 1. The minimum absolute atomic E-state index is 0.169. The van der Waals surface area contributed by atoms with E-state index in [4.69, 9.17) is 0 Å². The molecule has 0 radical (unpaired) electrons. The monoisotopic (exact) mass is 367 g/mol. The van der Waals surface area contributed by atoms with Crippen molar-refractivity contribution in [3.05, 3.63) is 47.5 Å². The van der Waals surface area contributed by atoms with Gasteiger partial charge in [-0.15, -0.1) is 10.2 Å². The number of piperidine rings is 1. The maximum atomic E-state index is 11.8. The number of benzene rings is 1. The van der Waals surface area contributed by atoms with Crippen molar-refractivity contribution in [2.75, 3.05) is 32.7 Å². The molecule has 0 aliphatic carbocycles. The number of rotatable bonds is 4. The van der Waals surface area contributed by atoms with Crippen LogP contribution < -0.4 is 0 Å². The Morgan fingerprint density at radius 1 is 1.11 bits per heavy atom. The zero-order valence-electron chi connectivity index (χ0n) is 16.2. The maximum Gasteiger partial charge on any atom is 0.219 e. The summed E-state index contributed by atoms with van der Waals surface area (Å²) in [7, 11) is 0. The van der Waals surface area contributed by atoms with E-state index in [1.807, 2.05) is 4.90 Å². The number of aromatic nitrogens is 3. The molecule has 1 aromatic carbocycles. The van der Waals surface area contributed by atoms with Crippen LogP contribution in [0.1, 0.15) is 42.9 Å². The number of carbonyl (C=O) groups is 1. The number of likely N-dealkylation sites (tertiary alicyclic amines) is 1. The second-order valence-electron chi connectivity index (χ2n) is 7.76. The third kappa shape index (κ3) is 4.21. The second kappa shape index (κ2) is 8.21. The fourth-order valence-electron chi connectivity index (χ4n) is 4.32. The molecule has 4 rings (SSSR count). The summed E-state index contributed by atoms with van der Waals surface area (Å²) in [5.74, 6) is 2.68. The molecule has 0 spiro atoms. The summed E-state index contributed by atoms with van der Waals surface area (Å²) < 4.78 is 2.33. The molecule has 1 saturated heterocycles. The van der Waals surface area contributed by atoms with Crippen molar-refractivity contribution < 1.29 is 4.79 Å². The SMILES string of the molecule is CC(=O)N1CCC[C@@H](c2nnc3n2CCN(CCc2ccccc2)CC3)C1. The average molecular weight is 367 g/mol. The van der Waals surface area contributed by atoms with Gasteiger partial charge in [0, 0.05) is 58.5 Å². The molecule has 0 unspecified atom stereocenters. The third-order valence-electron chi connectivity index (χ3n) is 5.94. The molecule has 2 aliphatic rings. The average Bonchev–Trinajstić information content (AvgIpc) is 3.00. The predicted octanol–water partition coefficient (Wildman–Crippen LogP) is 2.10. The summed E-state index contributed by atoms with van der Waals surface area (Å²) >= 11 is 0. The Morgan fingerprint density at radius 3 is 2.78 bits per heavy atom. The van der Waals surface area contributed by atoms with E-state index in [9.17, 15) is 4.79 Å². The van der Waals surface area contributed by atoms with Crippen LogP contribution in [0.15, 0.2) is 30.3 Å². The maximum absolute atomic E-state index is 11.8. The quantitative estimate of drug-likeness (QED) is 0.831. The number of carbonyl (C=O) groups excluding carboxylic acids is 1. The van der Waals surface area contributed by atoms with Gasteiger partial charge in [0.25, 0.3) is 0 Å². The largest absolute Gasteiger partial charge is 0.342 e. The zero-order chi connectivity index (χ0) is 18.6. The molecule has 2 aliphatic heterocycles. The molecular weight excluding hydrogens is 338 g/mol. The molecule has 6 nitrogen and oxygen atoms in total. The normalized spacial score (nSPS) is 20.9. The van der Waals surface area contributed by atoms with Crippen LogP contribution in [0.5, 0.6) is 0 Å². The van der Waals surface area contributed by atoms with Crippen molar-refractivity contribution in [1.82, 2.24) is 24.6 Å². The number of nitrogens with zero attached hydrogens (tertiary/aromatic N) is 5. The van der Waals surface area contributed by atoms with Crippen LogP contribution in [0.3, 0.4) is 0 Å². The lowest BCUT2D eigenvalue weighted by Crippen LogP contribution is -2.38. The lowest BCUT2D eigenvalue weighted by molar-refractivity contribution is -0.130. The Bertz CT molecular complexity index is 772. The van der Waals surface area contributed by atoms with Crippen molar-refractivity contribution in [1.29, 1.82) is 0 Å². The molecule has 144 valence electrons. The molecule has 6 heteroatoms. The highest BCUT2D eigenvalue weighted by molar-refractivity contribution is 5.73. The van der Waals surface area contributed by atoms with E-state index in [2.05, 4.69) is 50.0 Å². The minimum Gasteiger partial charge on any atom is -0.342 e. The van der Waals surface area contributed by atoms with Crippen molar-refractivity contribution >= 4 is 5.91 Å². The molecule has 0 saturated carbocycles. The number of hydrogen-bond acceptors (Lipinski definition) is 4. The van der Waals surface area contributed by atoms with Gasteiger partial charge in [0.2, 0.25) is 5.91 Å². The molecule has 3 heterocycles. The van der Waals surface area contributed by atoms with Crippen LogP contribution in [0, 0.1) is 0 Å². The molecule has 1 aromatic heterocycles. The Balaban J connectivity index is 1.39. The van der Waals surface area contributed by atoms with Gasteiger partial charge in [-0.05, 0) is 24.8 Å². The molecule has 27 heavy (non-hydrogen) atoms. The third-order valence-corrected chi connectivity index (χ3v) is 5.94. The summed E-state index contributed by atoms with van der Waals surface area (Å²) in [4.78, 5) is 16.3. The van der Waals surface area contributed by atoms with Crippen LogP contribution in [-0.4, -0.2) is 63.2 Å². The van der Waals surface area contributed by atoms with Gasteiger partial charge < -0.3 is 14.4 Å². The van der Waals surface area contributed by atoms with E-state index in [0.29, 0.717) is 5.92 Å². The van der Waals surface area contributed by atoms with Gasteiger partial charge in [0.15, 0.2) is 0 Å². The first kappa shape index (κ1) is 18.2. The van der Waals surface area contributed by atoms with E-state index >= 15 is 0 Å². The Morgan fingerprint density at radius 2 is 1.96 bits per heavy atom. The van der Waals surface area contributed by atoms with Crippen LogP contribution in [0.25, 0.3) is 0 Å². The highest BCUT2D eigenvalue weighted by atomic mass is 16.2. The molecule has 2 aromatic rings. The van der Waals surface area contributed by atoms with Gasteiger partial charge in [-0.2, -0.15) is 0 Å². The highest BCUT2D eigenvalue weighted by Gasteiger charge is 2.28. The molecule has 1 amide bonds. The van der Waals surface area contributed by atoms with Crippen LogP contribution in [-0.2, 0) is 24.2 Å². The Hall–Kier alpha value is -2.21. The van der Waals surface area contributed by atoms with Gasteiger partial charge in [-0.25, -0.2) is 0 Å². The summed E-state index contributed by atoms with van der Waals surface area (Å²) in [5, 5.41) is 9.03. The van der Waals surface area contributed by atoms with Crippen LogP contribution >= 0.6 is 0 Å². The lowest BCUT2D eigenvalue weighted by Gasteiger charge is -2.31. The van der Waals surface area contributed by atoms with Gasteiger partial charge in [-0.1, -0.05) is 30.3 Å². The van der Waals surface area contributed by atoms with Gasteiger partial charge in [0.05, 0.1) is 0 Å². The van der Waals surface area contributed by atoms with Gasteiger partial charge >= 0.3 is 0 Å². The van der Waals surface area contributed by atoms with Crippen molar-refractivity contribution in [2.45, 2.75) is 45.1 Å². The Labute approximate surface area is 161 Å². The molecule has 1 atom stereocenters. The van der Waals surface area contributed by atoms with Gasteiger partial charge in [-0.3, -0.25) is 4.79 Å².